The van der Waals surface area contributed by atoms with Gasteiger partial charge in [0.05, 0.1) is 0 Å². The minimum absolute atomic E-state index is 0.128. The molecule has 0 aliphatic rings. The lowest BCUT2D eigenvalue weighted by molar-refractivity contribution is 0.769. The third-order valence-electron chi connectivity index (χ3n) is 6.24. The van der Waals surface area contributed by atoms with E-state index in [9.17, 15) is 0 Å². The van der Waals surface area contributed by atoms with Crippen molar-refractivity contribution < 1.29 is 0 Å². The molecule has 4 atom stereocenters. The molecule has 0 aliphatic carbocycles. The van der Waals surface area contributed by atoms with Gasteiger partial charge in [0.2, 0.25) is 0 Å². The SMILES string of the molecule is C[P@@](CC[P@](CC[P@@](CC[P@](C)C(C)(C)C)C(C)(C)C)C(C)(C)C)C(C)(C)C. The van der Waals surface area contributed by atoms with Crippen LogP contribution in [0.3, 0.4) is 0 Å². The Kier molecular flexibility index (Phi) is 12.3. The molecule has 0 radical (unpaired) electrons. The number of hydrogen-bond acceptors (Lipinski definition) is 0. The summed E-state index contributed by atoms with van der Waals surface area (Å²) >= 11 is 0. The minimum atomic E-state index is 0.128. The Balaban J connectivity index is 4.99. The van der Waals surface area contributed by atoms with Gasteiger partial charge in [-0.15, -0.1) is 31.7 Å². The Labute approximate surface area is 185 Å². The van der Waals surface area contributed by atoms with E-state index in [2.05, 4.69) is 96.4 Å². The maximum Gasteiger partial charge on any atom is -0.0179 e. The van der Waals surface area contributed by atoms with Gasteiger partial charge in [0.25, 0.3) is 0 Å². The molecular formula is C24H54P4. The van der Waals surface area contributed by atoms with Crippen LogP contribution in [0, 0.1) is 0 Å². The largest absolute Gasteiger partial charge is 0.104 e. The van der Waals surface area contributed by atoms with E-state index in [-0.39, 0.29) is 31.7 Å². The Hall–Kier alpha value is 1.72. The third kappa shape index (κ3) is 11.9. The van der Waals surface area contributed by atoms with Crippen LogP contribution >= 0.6 is 31.7 Å². The van der Waals surface area contributed by atoms with Crippen LogP contribution in [-0.4, -0.2) is 70.9 Å². The van der Waals surface area contributed by atoms with Gasteiger partial charge >= 0.3 is 0 Å². The van der Waals surface area contributed by atoms with E-state index >= 15 is 0 Å². The zero-order valence-corrected chi connectivity index (χ0v) is 25.6. The van der Waals surface area contributed by atoms with Gasteiger partial charge in [-0.1, -0.05) is 83.1 Å². The van der Waals surface area contributed by atoms with Gasteiger partial charge < -0.3 is 0 Å². The maximum absolute atomic E-state index is 2.53. The molecule has 0 rings (SSSR count). The van der Waals surface area contributed by atoms with Gasteiger partial charge in [-0.05, 0) is 70.9 Å². The highest BCUT2D eigenvalue weighted by atomic mass is 31.1. The van der Waals surface area contributed by atoms with E-state index in [0.717, 1.165) is 0 Å². The van der Waals surface area contributed by atoms with Crippen molar-refractivity contribution in [3.8, 4) is 0 Å². The molecule has 0 saturated heterocycles. The normalized spacial score (nSPS) is 18.6. The molecule has 0 nitrogen and oxygen atoms in total. The average Bonchev–Trinajstić information content (AvgIpc) is 2.44. The van der Waals surface area contributed by atoms with Crippen molar-refractivity contribution in [2.75, 3.05) is 50.3 Å². The summed E-state index contributed by atoms with van der Waals surface area (Å²) in [5.74, 6) is 0. The first-order valence-corrected chi connectivity index (χ1v) is 18.6. The molecule has 28 heavy (non-hydrogen) atoms. The molecule has 0 fully saturated rings. The van der Waals surface area contributed by atoms with E-state index in [0.29, 0.717) is 20.6 Å². The molecule has 0 aromatic rings. The molecule has 0 bridgehead atoms. The second-order valence-electron chi connectivity index (χ2n) is 12.5. The van der Waals surface area contributed by atoms with Crippen LogP contribution in [0.15, 0.2) is 0 Å². The second kappa shape index (κ2) is 11.5. The topological polar surface area (TPSA) is 0 Å². The summed E-state index contributed by atoms with van der Waals surface area (Å²) in [6, 6.07) is 0. The van der Waals surface area contributed by atoms with Crippen molar-refractivity contribution in [2.45, 2.75) is 104 Å². The van der Waals surface area contributed by atoms with E-state index in [4.69, 9.17) is 0 Å². The van der Waals surface area contributed by atoms with Crippen LogP contribution in [0.5, 0.6) is 0 Å². The second-order valence-corrected chi connectivity index (χ2v) is 25.5. The summed E-state index contributed by atoms with van der Waals surface area (Å²) in [4.78, 5) is 0. The first kappa shape index (κ1) is 29.7. The lowest BCUT2D eigenvalue weighted by atomic mass is 10.3. The Morgan fingerprint density at radius 1 is 0.357 bits per heavy atom. The van der Waals surface area contributed by atoms with Crippen LogP contribution < -0.4 is 0 Å². The van der Waals surface area contributed by atoms with Crippen molar-refractivity contribution in [3.63, 3.8) is 0 Å². The summed E-state index contributed by atoms with van der Waals surface area (Å²) < 4.78 is 0. The molecule has 0 saturated carbocycles. The van der Waals surface area contributed by atoms with E-state index in [1.807, 2.05) is 0 Å². The Bertz CT molecular complexity index is 389. The summed E-state index contributed by atoms with van der Waals surface area (Å²) in [6.45, 7) is 34.8. The standard InChI is InChI=1S/C24H54P4/c1-21(2,3)25(13)15-17-27(23(7,8)9)19-20-28(24(10,11)12)18-16-26(14)22(4,5)6/h15-20H2,1-14H3/t25-,26-,27+,28+/m0/s1. The fourth-order valence-corrected chi connectivity index (χ4v) is 13.8. The zero-order valence-electron chi connectivity index (χ0n) is 22.0. The number of rotatable bonds is 9. The van der Waals surface area contributed by atoms with Crippen LogP contribution in [0.2, 0.25) is 0 Å². The van der Waals surface area contributed by atoms with Gasteiger partial charge in [0.1, 0.15) is 0 Å². The van der Waals surface area contributed by atoms with Gasteiger partial charge in [-0.2, -0.15) is 0 Å². The summed E-state index contributed by atoms with van der Waals surface area (Å²) in [7, 11) is 0.548. The van der Waals surface area contributed by atoms with Crippen LogP contribution in [-0.2, 0) is 0 Å². The molecule has 4 heteroatoms. The zero-order chi connectivity index (χ0) is 22.6. The molecule has 170 valence electrons. The van der Waals surface area contributed by atoms with Crippen molar-refractivity contribution >= 4 is 31.7 Å². The van der Waals surface area contributed by atoms with Gasteiger partial charge in [-0.3, -0.25) is 0 Å². The molecule has 0 N–H and O–H groups in total. The van der Waals surface area contributed by atoms with Crippen molar-refractivity contribution in [2.24, 2.45) is 0 Å². The lowest BCUT2D eigenvalue weighted by Gasteiger charge is -2.39. The van der Waals surface area contributed by atoms with E-state index in [1.165, 1.54) is 37.0 Å². The fourth-order valence-electron chi connectivity index (χ4n) is 3.02. The van der Waals surface area contributed by atoms with Crippen molar-refractivity contribution in [1.29, 1.82) is 0 Å². The van der Waals surface area contributed by atoms with Crippen molar-refractivity contribution in [3.05, 3.63) is 0 Å². The predicted octanol–water partition coefficient (Wildman–Crippen LogP) is 9.37. The van der Waals surface area contributed by atoms with E-state index < -0.39 is 0 Å². The third-order valence-corrected chi connectivity index (χ3v) is 20.5. The van der Waals surface area contributed by atoms with Crippen molar-refractivity contribution in [1.82, 2.24) is 0 Å². The molecular weight excluding hydrogens is 412 g/mol. The highest BCUT2D eigenvalue weighted by molar-refractivity contribution is 7.65. The van der Waals surface area contributed by atoms with Crippen LogP contribution in [0.25, 0.3) is 0 Å². The molecule has 0 spiro atoms. The lowest BCUT2D eigenvalue weighted by Crippen LogP contribution is -2.23. The molecule has 0 unspecified atom stereocenters. The highest BCUT2D eigenvalue weighted by Crippen LogP contribution is 2.59. The first-order chi connectivity index (χ1) is 12.3. The predicted molar refractivity (Wildman–Crippen MR) is 148 cm³/mol. The summed E-state index contributed by atoms with van der Waals surface area (Å²) in [5.41, 5.74) is 0. The molecule has 0 aromatic carbocycles. The number of hydrogen-bond donors (Lipinski definition) is 0. The summed E-state index contributed by atoms with van der Waals surface area (Å²) in [6.07, 6.45) is 8.94. The van der Waals surface area contributed by atoms with Crippen LogP contribution in [0.1, 0.15) is 83.1 Å². The van der Waals surface area contributed by atoms with Crippen LogP contribution in [0.4, 0.5) is 0 Å². The minimum Gasteiger partial charge on any atom is -0.104 e. The monoisotopic (exact) mass is 466 g/mol. The van der Waals surface area contributed by atoms with Gasteiger partial charge in [0, 0.05) is 0 Å². The van der Waals surface area contributed by atoms with E-state index in [1.54, 1.807) is 0 Å². The summed E-state index contributed by atoms with van der Waals surface area (Å²) in [5, 5.41) is 2.03. The smallest absolute Gasteiger partial charge is 0.0179 e. The Morgan fingerprint density at radius 2 is 0.571 bits per heavy atom. The average molecular weight is 467 g/mol. The molecule has 0 heterocycles. The Morgan fingerprint density at radius 3 is 0.750 bits per heavy atom. The quantitative estimate of drug-likeness (QED) is 0.297. The molecule has 0 aromatic heterocycles. The molecule has 0 aliphatic heterocycles. The first-order valence-electron chi connectivity index (χ1n) is 11.2. The maximum atomic E-state index is 2.53. The fraction of sp³-hybridized carbons (Fsp3) is 1.00. The highest BCUT2D eigenvalue weighted by Gasteiger charge is 2.31. The van der Waals surface area contributed by atoms with Gasteiger partial charge in [-0.25, -0.2) is 0 Å². The molecule has 0 amide bonds. The van der Waals surface area contributed by atoms with Gasteiger partial charge in [0.15, 0.2) is 0 Å².